The van der Waals surface area contributed by atoms with Gasteiger partial charge in [-0.3, -0.25) is 19.6 Å². The molecular weight excluding hydrogens is 1150 g/mol. The van der Waals surface area contributed by atoms with Gasteiger partial charge in [-0.2, -0.15) is 16.8 Å². The van der Waals surface area contributed by atoms with E-state index in [2.05, 4.69) is 148 Å². The Morgan fingerprint density at radius 3 is 1.46 bits per heavy atom. The Labute approximate surface area is 498 Å². The highest BCUT2D eigenvalue weighted by molar-refractivity contribution is 9.10. The summed E-state index contributed by atoms with van der Waals surface area (Å²) in [6.45, 7) is 26.4. The number of amides is 2. The fourth-order valence-corrected chi connectivity index (χ4v) is 13.0. The lowest BCUT2D eigenvalue weighted by Crippen LogP contribution is -2.41. The quantitative estimate of drug-likeness (QED) is 0.121. The van der Waals surface area contributed by atoms with Crippen LogP contribution in [0.25, 0.3) is 6.08 Å². The molecular formula is C62H77BrN12O6S2. The van der Waals surface area contributed by atoms with Crippen LogP contribution in [0, 0.1) is 11.8 Å². The first kappa shape index (κ1) is 62.0. The average molecular weight is 1230 g/mol. The van der Waals surface area contributed by atoms with Crippen LogP contribution in [0.4, 0.5) is 23.3 Å². The van der Waals surface area contributed by atoms with Crippen molar-refractivity contribution in [2.45, 2.75) is 152 Å². The maximum Gasteiger partial charge on any atom is 0.281 e. The predicted octanol–water partition coefficient (Wildman–Crippen LogP) is 11.3. The molecule has 18 nitrogen and oxygen atoms in total. The van der Waals surface area contributed by atoms with Gasteiger partial charge in [0.15, 0.2) is 10.1 Å². The number of anilines is 4. The van der Waals surface area contributed by atoms with Gasteiger partial charge in [0.05, 0.1) is 11.1 Å². The van der Waals surface area contributed by atoms with E-state index in [1.54, 1.807) is 67.3 Å². The van der Waals surface area contributed by atoms with E-state index in [-0.39, 0.29) is 55.2 Å². The van der Waals surface area contributed by atoms with Crippen LogP contribution in [0.15, 0.2) is 143 Å². The fraction of sp³-hybridized carbons (Fsp3) is 0.419. The van der Waals surface area contributed by atoms with Crippen molar-refractivity contribution in [3.63, 3.8) is 0 Å². The number of carbonyl (C=O) groups is 2. The molecule has 4 N–H and O–H groups in total. The molecule has 83 heavy (non-hydrogen) atoms. The Bertz CT molecular complexity index is 3570. The Morgan fingerprint density at radius 2 is 1.05 bits per heavy atom. The third-order valence-electron chi connectivity index (χ3n) is 15.2. The molecule has 4 atom stereocenters. The average Bonchev–Trinajstić information content (AvgIpc) is 2.65. The largest absolute Gasteiger partial charge is 0.364 e. The maximum atomic E-state index is 13.6. The first-order chi connectivity index (χ1) is 39.0. The van der Waals surface area contributed by atoms with E-state index in [1.807, 2.05) is 42.5 Å². The van der Waals surface area contributed by atoms with Crippen LogP contribution in [0.2, 0.25) is 0 Å². The van der Waals surface area contributed by atoms with E-state index in [1.165, 1.54) is 12.1 Å². The zero-order valence-corrected chi connectivity index (χ0v) is 52.2. The summed E-state index contributed by atoms with van der Waals surface area (Å²) in [6.07, 6.45) is 18.3. The van der Waals surface area contributed by atoms with Crippen LogP contribution in [-0.4, -0.2) is 94.8 Å². The number of carbonyl (C=O) groups excluding carboxylic acids is 2. The molecule has 6 aromatic rings. The Hall–Kier alpha value is -7.10. The number of pyridine rings is 6. The number of nitrogens with zero attached hydrogens (tertiary/aromatic N) is 8. The van der Waals surface area contributed by atoms with Crippen LogP contribution < -0.4 is 29.9 Å². The summed E-state index contributed by atoms with van der Waals surface area (Å²) in [6, 6.07) is 23.9. The summed E-state index contributed by atoms with van der Waals surface area (Å²) in [7, 11) is -8.45. The van der Waals surface area contributed by atoms with E-state index in [9.17, 15) is 26.4 Å². The van der Waals surface area contributed by atoms with Gasteiger partial charge in [0.2, 0.25) is 0 Å². The lowest BCUT2D eigenvalue weighted by molar-refractivity contribution is 0.0972. The van der Waals surface area contributed by atoms with Gasteiger partial charge in [-0.15, -0.1) is 6.58 Å². The Balaban J connectivity index is 0.000000196. The van der Waals surface area contributed by atoms with Crippen LogP contribution in [0.5, 0.6) is 0 Å². The normalized spacial score (nSPS) is 21.8. The molecule has 2 saturated heterocycles. The summed E-state index contributed by atoms with van der Waals surface area (Å²) < 4.78 is 58.4. The highest BCUT2D eigenvalue weighted by atomic mass is 79.9. The number of fused-ring (bicyclic) bond motifs is 12. The van der Waals surface area contributed by atoms with E-state index in [4.69, 9.17) is 9.97 Å². The molecule has 0 aromatic carbocycles. The van der Waals surface area contributed by atoms with Gasteiger partial charge in [0.1, 0.15) is 23.3 Å². The van der Waals surface area contributed by atoms with Crippen LogP contribution in [-0.2, 0) is 30.9 Å². The van der Waals surface area contributed by atoms with Gasteiger partial charge >= 0.3 is 0 Å². The number of rotatable bonds is 3. The minimum atomic E-state index is -4.25. The zero-order valence-electron chi connectivity index (χ0n) is 49.0. The summed E-state index contributed by atoms with van der Waals surface area (Å²) in [5, 5.41) is 6.22. The molecule has 0 spiro atoms. The molecule has 440 valence electrons. The Morgan fingerprint density at radius 1 is 0.590 bits per heavy atom. The minimum Gasteiger partial charge on any atom is -0.364 e. The van der Waals surface area contributed by atoms with Crippen molar-refractivity contribution >= 4 is 77.1 Å². The number of aromatic nitrogens is 6. The number of halogens is 1. The zero-order chi connectivity index (χ0) is 60.1. The maximum absolute atomic E-state index is 13.6. The molecule has 0 saturated carbocycles. The van der Waals surface area contributed by atoms with Gasteiger partial charge in [-0.1, -0.05) is 78.0 Å². The first-order valence-electron chi connectivity index (χ1n) is 28.0. The molecule has 4 aliphatic rings. The van der Waals surface area contributed by atoms with E-state index < -0.39 is 31.9 Å². The van der Waals surface area contributed by atoms with Gasteiger partial charge < -0.3 is 20.4 Å². The molecule has 0 radical (unpaired) electrons. The molecule has 2 unspecified atom stereocenters. The smallest absolute Gasteiger partial charge is 0.281 e. The molecule has 2 amide bonds. The summed E-state index contributed by atoms with van der Waals surface area (Å²) >= 11 is 3.25. The fourth-order valence-electron chi connectivity index (χ4n) is 10.9. The van der Waals surface area contributed by atoms with Gasteiger partial charge in [0.25, 0.3) is 31.9 Å². The molecule has 8 bridgehead atoms. The highest BCUT2D eigenvalue weighted by Gasteiger charge is 2.43. The molecule has 2 fully saturated rings. The van der Waals surface area contributed by atoms with Gasteiger partial charge in [0, 0.05) is 87.7 Å². The predicted molar refractivity (Wildman–Crippen MR) is 331 cm³/mol. The summed E-state index contributed by atoms with van der Waals surface area (Å²) in [5.41, 5.74) is 2.12. The molecule has 0 aliphatic carbocycles. The second-order valence-electron chi connectivity index (χ2n) is 24.9. The van der Waals surface area contributed by atoms with Crippen molar-refractivity contribution in [1.82, 2.24) is 39.3 Å². The first-order valence-corrected chi connectivity index (χ1v) is 31.7. The number of sulfonamides is 2. The summed E-state index contributed by atoms with van der Waals surface area (Å²) in [4.78, 5) is 57.8. The molecule has 4 aliphatic heterocycles. The third kappa shape index (κ3) is 15.6. The topological polar surface area (TPSA) is 234 Å². The van der Waals surface area contributed by atoms with Crippen molar-refractivity contribution in [2.24, 2.45) is 11.8 Å². The van der Waals surface area contributed by atoms with Crippen molar-refractivity contribution in [1.29, 1.82) is 0 Å². The van der Waals surface area contributed by atoms with Crippen LogP contribution in [0.1, 0.15) is 145 Å². The van der Waals surface area contributed by atoms with Gasteiger partial charge in [-0.25, -0.2) is 29.4 Å². The van der Waals surface area contributed by atoms with E-state index in [0.29, 0.717) is 41.7 Å². The lowest BCUT2D eigenvalue weighted by Gasteiger charge is -2.34. The van der Waals surface area contributed by atoms with Crippen LogP contribution >= 0.6 is 15.9 Å². The Kier molecular flexibility index (Phi) is 18.7. The van der Waals surface area contributed by atoms with E-state index in [0.717, 1.165) is 66.5 Å². The standard InChI is InChI=1S/C31H38N6O3S.C26H35N5O3S.C5H4BrN/c1-30(2,3)25-16-15-24-28(34-25)37-20-22(18-31(37,4)5)12-14-23(13-11-21-8-7-17-32-19-21)33-26-9-6-10-27(35-26)41(39,40)36-29(24)38;1-7-18-12-11-17-15-26(5,6)31(16-17)23-19(13-14-20(28-23)25(2,3)4)24(32)30-35(33,34)22-10-8-9-21(27-18)29-22;6-5-2-1-3-7-4-5/h6-11,13,15-17,19,22-23H,12,14,18,20H2,1-5H3,(H,33,35)(H,36,38);7-10,13-14,17-18H,1,11-12,15-16H2,2-6H3,(H,27,29)(H,30,32);1-4H/t22-,23?;17-,18?;/m00./s1. The van der Waals surface area contributed by atoms with Gasteiger partial charge in [-0.05, 0) is 166 Å². The van der Waals surface area contributed by atoms with Crippen molar-refractivity contribution in [3.8, 4) is 0 Å². The summed E-state index contributed by atoms with van der Waals surface area (Å²) in [5.74, 6) is 1.18. The highest BCUT2D eigenvalue weighted by Crippen LogP contribution is 2.42. The number of hydrogen-bond donors (Lipinski definition) is 4. The monoisotopic (exact) mass is 1230 g/mol. The van der Waals surface area contributed by atoms with Crippen molar-refractivity contribution in [2.75, 3.05) is 33.5 Å². The number of nitrogens with one attached hydrogen (secondary N) is 4. The number of hydrogen-bond acceptors (Lipinski definition) is 16. The van der Waals surface area contributed by atoms with Crippen LogP contribution in [0.3, 0.4) is 0 Å². The molecule has 6 aromatic heterocycles. The third-order valence-corrected chi connectivity index (χ3v) is 18.1. The minimum absolute atomic E-state index is 0.0600. The lowest BCUT2D eigenvalue weighted by atomic mass is 9.90. The second-order valence-corrected chi connectivity index (χ2v) is 29.1. The van der Waals surface area contributed by atoms with E-state index >= 15 is 0 Å². The molecule has 10 rings (SSSR count). The molecule has 10 heterocycles. The second kappa shape index (κ2) is 25.0. The SMILES string of the molecule is Brc1cccnc1.C=CC1CC[C@@H]2CN(c3nc(C(C)(C)C)ccc3C(=O)NS(=O)(=O)c3cccc(n3)N1)C(C)(C)C2.CC(C)(C)c1ccc2c(n1)N1C[C@@H](CCC(C=Cc3cccnc3)Nc3cccc(n3)S(=O)(=O)NC2=O)CC1(C)C. The van der Waals surface area contributed by atoms with Crippen molar-refractivity contribution < 1.29 is 26.4 Å². The molecule has 21 heteroatoms. The van der Waals surface area contributed by atoms with Crippen molar-refractivity contribution in [3.05, 3.63) is 161 Å².